The lowest BCUT2D eigenvalue weighted by atomic mass is 9.91. The number of ketones is 1. The van der Waals surface area contributed by atoms with E-state index in [1.807, 2.05) is 60.7 Å². The lowest BCUT2D eigenvalue weighted by Gasteiger charge is -2.23. The Balaban J connectivity index is 1.76. The van der Waals surface area contributed by atoms with Gasteiger partial charge < -0.3 is 4.74 Å². The average Bonchev–Trinajstić information content (AvgIpc) is 2.74. The van der Waals surface area contributed by atoms with Crippen molar-refractivity contribution in [1.29, 1.82) is 0 Å². The summed E-state index contributed by atoms with van der Waals surface area (Å²) in [5.41, 5.74) is 3.01. The van der Waals surface area contributed by atoms with Crippen molar-refractivity contribution in [2.24, 2.45) is 0 Å². The highest BCUT2D eigenvalue weighted by Gasteiger charge is 2.34. The van der Waals surface area contributed by atoms with Crippen molar-refractivity contribution in [1.82, 2.24) is 0 Å². The Kier molecular flexibility index (Phi) is 3.99. The molecule has 3 aromatic carbocycles. The second-order valence-electron chi connectivity index (χ2n) is 6.48. The van der Waals surface area contributed by atoms with Crippen molar-refractivity contribution >= 4 is 34.0 Å². The van der Waals surface area contributed by atoms with Crippen molar-refractivity contribution in [3.8, 4) is 5.75 Å². The predicted molar refractivity (Wildman–Crippen MR) is 110 cm³/mol. The SMILES string of the molecule is O=C1Oc2ccccc2C(=O)/C1=C1\C=C(c2ccccc2)Sc2ccccc21. The number of carbonyl (C=O) groups excluding carboxylic acids is 2. The smallest absolute Gasteiger partial charge is 0.348 e. The van der Waals surface area contributed by atoms with E-state index in [9.17, 15) is 9.59 Å². The molecule has 4 heteroatoms. The molecule has 0 spiro atoms. The van der Waals surface area contributed by atoms with Crippen LogP contribution in [0.3, 0.4) is 0 Å². The number of hydrogen-bond acceptors (Lipinski definition) is 4. The lowest BCUT2D eigenvalue weighted by Crippen LogP contribution is -2.26. The molecular weight excluding hydrogens is 368 g/mol. The largest absolute Gasteiger partial charge is 0.422 e. The molecule has 0 aliphatic carbocycles. The number of hydrogen-bond donors (Lipinski definition) is 0. The summed E-state index contributed by atoms with van der Waals surface area (Å²) in [4.78, 5) is 28.0. The summed E-state index contributed by atoms with van der Waals surface area (Å²) in [6, 6.07) is 24.6. The molecule has 2 heterocycles. The van der Waals surface area contributed by atoms with Crippen LogP contribution in [-0.2, 0) is 4.79 Å². The lowest BCUT2D eigenvalue weighted by molar-refractivity contribution is -0.130. The summed E-state index contributed by atoms with van der Waals surface area (Å²) in [6.45, 7) is 0. The molecule has 0 bridgehead atoms. The first-order chi connectivity index (χ1) is 13.7. The Bertz CT molecular complexity index is 1190. The van der Waals surface area contributed by atoms with Crippen molar-refractivity contribution in [3.63, 3.8) is 0 Å². The van der Waals surface area contributed by atoms with Crippen LogP contribution < -0.4 is 4.74 Å². The van der Waals surface area contributed by atoms with Crippen LogP contribution in [0.2, 0.25) is 0 Å². The van der Waals surface area contributed by atoms with Gasteiger partial charge in [0.1, 0.15) is 11.3 Å². The number of ether oxygens (including phenoxy) is 1. The summed E-state index contributed by atoms with van der Waals surface area (Å²) in [5.74, 6) is -0.594. The van der Waals surface area contributed by atoms with Gasteiger partial charge in [-0.3, -0.25) is 4.79 Å². The Hall–Kier alpha value is -3.37. The van der Waals surface area contributed by atoms with E-state index in [1.165, 1.54) is 0 Å². The molecule has 28 heavy (non-hydrogen) atoms. The van der Waals surface area contributed by atoms with E-state index in [0.717, 1.165) is 20.9 Å². The van der Waals surface area contributed by atoms with Crippen LogP contribution >= 0.6 is 11.8 Å². The minimum Gasteiger partial charge on any atom is -0.422 e. The summed E-state index contributed by atoms with van der Waals surface area (Å²) >= 11 is 1.63. The third-order valence-corrected chi connectivity index (χ3v) is 5.92. The third kappa shape index (κ3) is 2.70. The van der Waals surface area contributed by atoms with Crippen LogP contribution in [0.5, 0.6) is 5.75 Å². The molecule has 3 aromatic rings. The first-order valence-corrected chi connectivity index (χ1v) is 9.68. The predicted octanol–water partition coefficient (Wildman–Crippen LogP) is 5.39. The fourth-order valence-corrected chi connectivity index (χ4v) is 4.54. The highest BCUT2D eigenvalue weighted by atomic mass is 32.2. The van der Waals surface area contributed by atoms with E-state index >= 15 is 0 Å². The molecule has 0 atom stereocenters. The van der Waals surface area contributed by atoms with Crippen molar-refractivity contribution < 1.29 is 14.3 Å². The molecule has 5 rings (SSSR count). The van der Waals surface area contributed by atoms with E-state index < -0.39 is 5.97 Å². The molecule has 0 N–H and O–H groups in total. The minimum absolute atomic E-state index is 0.0832. The van der Waals surface area contributed by atoms with E-state index in [0.29, 0.717) is 16.9 Å². The van der Waals surface area contributed by atoms with E-state index in [4.69, 9.17) is 4.74 Å². The zero-order valence-corrected chi connectivity index (χ0v) is 15.5. The minimum atomic E-state index is -0.607. The Morgan fingerprint density at radius 1 is 0.714 bits per heavy atom. The van der Waals surface area contributed by atoms with Gasteiger partial charge in [-0.2, -0.15) is 0 Å². The van der Waals surface area contributed by atoms with E-state index in [-0.39, 0.29) is 11.4 Å². The number of allylic oxidation sites excluding steroid dienone is 2. The second kappa shape index (κ2) is 6.66. The van der Waals surface area contributed by atoms with Crippen molar-refractivity contribution in [2.45, 2.75) is 4.90 Å². The number of thioether (sulfide) groups is 1. The van der Waals surface area contributed by atoms with Gasteiger partial charge in [0.2, 0.25) is 5.78 Å². The first kappa shape index (κ1) is 16.8. The maximum atomic E-state index is 13.2. The van der Waals surface area contributed by atoms with Crippen LogP contribution in [0.15, 0.2) is 95.4 Å². The molecule has 3 nitrogen and oxygen atoms in total. The molecule has 134 valence electrons. The maximum absolute atomic E-state index is 13.2. The van der Waals surface area contributed by atoms with Gasteiger partial charge in [0.25, 0.3) is 0 Å². The summed E-state index contributed by atoms with van der Waals surface area (Å²) < 4.78 is 5.47. The molecule has 0 radical (unpaired) electrons. The van der Waals surface area contributed by atoms with Gasteiger partial charge in [-0.1, -0.05) is 72.4 Å². The van der Waals surface area contributed by atoms with Crippen LogP contribution in [0.4, 0.5) is 0 Å². The molecule has 0 fully saturated rings. The zero-order chi connectivity index (χ0) is 19.1. The second-order valence-corrected chi connectivity index (χ2v) is 7.56. The monoisotopic (exact) mass is 382 g/mol. The third-order valence-electron chi connectivity index (χ3n) is 4.77. The maximum Gasteiger partial charge on any atom is 0.348 e. The molecule has 0 unspecified atom stereocenters. The van der Waals surface area contributed by atoms with Crippen LogP contribution in [0, 0.1) is 0 Å². The van der Waals surface area contributed by atoms with Gasteiger partial charge in [0.15, 0.2) is 0 Å². The number of benzene rings is 3. The quantitative estimate of drug-likeness (QED) is 0.245. The van der Waals surface area contributed by atoms with E-state index in [2.05, 4.69) is 0 Å². The van der Waals surface area contributed by atoms with Gasteiger partial charge >= 0.3 is 5.97 Å². The molecule has 0 saturated heterocycles. The topological polar surface area (TPSA) is 43.4 Å². The summed E-state index contributed by atoms with van der Waals surface area (Å²) in [7, 11) is 0. The Morgan fingerprint density at radius 2 is 1.39 bits per heavy atom. The molecule has 0 amide bonds. The standard InChI is InChI=1S/C24H14O3S/c25-23-17-11-4-6-12-19(17)27-24(26)22(23)18-14-21(15-8-2-1-3-9-15)28-20-13-7-5-10-16(18)20/h1-14H/b22-18-. The average molecular weight is 382 g/mol. The van der Waals surface area contributed by atoms with Crippen LogP contribution in [-0.4, -0.2) is 11.8 Å². The fourth-order valence-electron chi connectivity index (χ4n) is 3.44. The van der Waals surface area contributed by atoms with E-state index in [1.54, 1.807) is 36.0 Å². The van der Waals surface area contributed by atoms with Gasteiger partial charge in [0.05, 0.1) is 5.56 Å². The molecule has 0 saturated carbocycles. The van der Waals surface area contributed by atoms with Gasteiger partial charge in [-0.15, -0.1) is 0 Å². The molecule has 0 aromatic heterocycles. The van der Waals surface area contributed by atoms with Crippen molar-refractivity contribution in [3.05, 3.63) is 107 Å². The van der Waals surface area contributed by atoms with Crippen LogP contribution in [0.25, 0.3) is 10.5 Å². The number of esters is 1. The Labute approximate surface area is 166 Å². The van der Waals surface area contributed by atoms with Gasteiger partial charge in [0, 0.05) is 15.4 Å². The first-order valence-electron chi connectivity index (χ1n) is 8.87. The number of para-hydroxylation sites is 1. The van der Waals surface area contributed by atoms with Gasteiger partial charge in [-0.05, 0) is 35.4 Å². The molecular formula is C24H14O3S. The molecule has 2 aliphatic rings. The number of carbonyl (C=O) groups is 2. The highest BCUT2D eigenvalue weighted by molar-refractivity contribution is 8.08. The fraction of sp³-hybridized carbons (Fsp3) is 0. The normalized spacial score (nSPS) is 18.1. The number of Topliss-reactive ketones (excluding diaryl/α,β-unsaturated/α-hetero) is 1. The van der Waals surface area contributed by atoms with Gasteiger partial charge in [-0.25, -0.2) is 4.79 Å². The number of rotatable bonds is 1. The van der Waals surface area contributed by atoms with Crippen LogP contribution in [0.1, 0.15) is 21.5 Å². The highest BCUT2D eigenvalue weighted by Crippen LogP contribution is 2.46. The summed E-state index contributed by atoms with van der Waals surface area (Å²) in [5, 5.41) is 0. The zero-order valence-electron chi connectivity index (χ0n) is 14.7. The summed E-state index contributed by atoms with van der Waals surface area (Å²) in [6.07, 6.45) is 1.92. The molecule has 2 aliphatic heterocycles. The van der Waals surface area contributed by atoms with Crippen molar-refractivity contribution in [2.75, 3.05) is 0 Å². The Morgan fingerprint density at radius 3 is 2.21 bits per heavy atom. The number of fused-ring (bicyclic) bond motifs is 2.